The van der Waals surface area contributed by atoms with Crippen molar-refractivity contribution in [1.82, 2.24) is 5.32 Å². The predicted molar refractivity (Wildman–Crippen MR) is 130 cm³/mol. The zero-order valence-corrected chi connectivity index (χ0v) is 17.7. The second kappa shape index (κ2) is 9.72. The van der Waals surface area contributed by atoms with Gasteiger partial charge in [-0.25, -0.2) is 0 Å². The molecule has 158 valence electrons. The van der Waals surface area contributed by atoms with Gasteiger partial charge in [0.2, 0.25) is 5.91 Å². The quantitative estimate of drug-likeness (QED) is 0.292. The highest BCUT2D eigenvalue weighted by Gasteiger charge is 2.09. The van der Waals surface area contributed by atoms with Crippen LogP contribution in [0.2, 0.25) is 0 Å². The molecule has 4 rings (SSSR count). The first kappa shape index (κ1) is 21.0. The first-order valence-corrected chi connectivity index (χ1v) is 10.2. The summed E-state index contributed by atoms with van der Waals surface area (Å²) in [4.78, 5) is 24.4. The van der Waals surface area contributed by atoms with Gasteiger partial charge in [-0.05, 0) is 65.0 Å². The van der Waals surface area contributed by atoms with Gasteiger partial charge >= 0.3 is 0 Å². The summed E-state index contributed by atoms with van der Waals surface area (Å²) in [5, 5.41) is 10.6. The standard InChI is InChI=1S/C25H19N3O3S/c29-23(14-13-18-8-3-7-17-6-1-2-11-21(17)18)28-25(32)27-20-10-4-9-19(16-20)26-24(30)22-12-5-15-31-22/h1-16H,(H,26,30)(H2,27,28,29,32)/b14-13+. The molecular weight excluding hydrogens is 422 g/mol. The molecule has 4 aromatic rings. The SMILES string of the molecule is O=C(/C=C/c1cccc2ccccc12)NC(=S)Nc1cccc(NC(=O)c2ccco2)c1. The molecule has 3 N–H and O–H groups in total. The number of nitrogens with one attached hydrogen (secondary N) is 3. The maximum absolute atomic E-state index is 12.3. The minimum Gasteiger partial charge on any atom is -0.459 e. The molecule has 2 amide bonds. The van der Waals surface area contributed by atoms with Gasteiger partial charge in [0.05, 0.1) is 6.26 Å². The summed E-state index contributed by atoms with van der Waals surface area (Å²) in [6, 6.07) is 24.1. The van der Waals surface area contributed by atoms with E-state index in [-0.39, 0.29) is 22.7 Å². The molecule has 0 saturated heterocycles. The van der Waals surface area contributed by atoms with Crippen LogP contribution < -0.4 is 16.0 Å². The number of hydrogen-bond acceptors (Lipinski definition) is 4. The van der Waals surface area contributed by atoms with Gasteiger partial charge in [-0.1, -0.05) is 48.5 Å². The molecule has 6 nitrogen and oxygen atoms in total. The highest BCUT2D eigenvalue weighted by atomic mass is 32.1. The molecule has 0 fully saturated rings. The molecule has 0 radical (unpaired) electrons. The maximum atomic E-state index is 12.3. The van der Waals surface area contributed by atoms with Crippen LogP contribution in [-0.2, 0) is 4.79 Å². The smallest absolute Gasteiger partial charge is 0.291 e. The largest absolute Gasteiger partial charge is 0.459 e. The van der Waals surface area contributed by atoms with Crippen LogP contribution in [0, 0.1) is 0 Å². The highest BCUT2D eigenvalue weighted by molar-refractivity contribution is 7.80. The first-order chi connectivity index (χ1) is 15.6. The average molecular weight is 442 g/mol. The summed E-state index contributed by atoms with van der Waals surface area (Å²) >= 11 is 5.24. The Hall–Kier alpha value is -4.23. The number of benzene rings is 3. The summed E-state index contributed by atoms with van der Waals surface area (Å²) < 4.78 is 5.08. The van der Waals surface area contributed by atoms with Crippen LogP contribution in [0.3, 0.4) is 0 Å². The molecule has 32 heavy (non-hydrogen) atoms. The van der Waals surface area contributed by atoms with Crippen LogP contribution in [0.4, 0.5) is 11.4 Å². The number of rotatable bonds is 5. The van der Waals surface area contributed by atoms with E-state index in [9.17, 15) is 9.59 Å². The van der Waals surface area contributed by atoms with Crippen LogP contribution in [0.5, 0.6) is 0 Å². The molecule has 0 aliphatic rings. The predicted octanol–water partition coefficient (Wildman–Crippen LogP) is 5.21. The minimum atomic E-state index is -0.360. The first-order valence-electron chi connectivity index (χ1n) is 9.81. The van der Waals surface area contributed by atoms with Crippen LogP contribution >= 0.6 is 12.2 Å². The van der Waals surface area contributed by atoms with E-state index in [1.165, 1.54) is 12.3 Å². The van der Waals surface area contributed by atoms with Gasteiger partial charge in [0, 0.05) is 17.5 Å². The fourth-order valence-corrected chi connectivity index (χ4v) is 3.37. The summed E-state index contributed by atoms with van der Waals surface area (Å²) in [6.45, 7) is 0. The molecule has 0 aliphatic heterocycles. The van der Waals surface area contributed by atoms with Crippen molar-refractivity contribution in [2.75, 3.05) is 10.6 Å². The Kier molecular flexibility index (Phi) is 6.38. The fourth-order valence-electron chi connectivity index (χ4n) is 3.15. The summed E-state index contributed by atoms with van der Waals surface area (Å²) in [5.41, 5.74) is 2.11. The van der Waals surface area contributed by atoms with Crippen molar-refractivity contribution in [1.29, 1.82) is 0 Å². The molecule has 3 aromatic carbocycles. The number of anilines is 2. The third-order valence-corrected chi connectivity index (χ3v) is 4.80. The lowest BCUT2D eigenvalue weighted by atomic mass is 10.0. The van der Waals surface area contributed by atoms with Gasteiger partial charge in [-0.15, -0.1) is 0 Å². The number of fused-ring (bicyclic) bond motifs is 1. The molecule has 1 aromatic heterocycles. The van der Waals surface area contributed by atoms with Crippen molar-refractivity contribution in [2.24, 2.45) is 0 Å². The molecule has 0 bridgehead atoms. The zero-order valence-electron chi connectivity index (χ0n) is 16.9. The molecule has 0 atom stereocenters. The Bertz CT molecular complexity index is 1310. The van der Waals surface area contributed by atoms with Crippen LogP contribution in [0.1, 0.15) is 16.1 Å². The Morgan fingerprint density at radius 3 is 2.41 bits per heavy atom. The van der Waals surface area contributed by atoms with E-state index in [0.717, 1.165) is 16.3 Å². The molecular formula is C25H19N3O3S. The molecule has 7 heteroatoms. The lowest BCUT2D eigenvalue weighted by Gasteiger charge is -2.10. The summed E-state index contributed by atoms with van der Waals surface area (Å²) in [5.74, 6) is -0.497. The fraction of sp³-hybridized carbons (Fsp3) is 0. The Balaban J connectivity index is 1.35. The average Bonchev–Trinajstić information content (AvgIpc) is 3.33. The Morgan fingerprint density at radius 1 is 0.844 bits per heavy atom. The highest BCUT2D eigenvalue weighted by Crippen LogP contribution is 2.19. The van der Waals surface area contributed by atoms with Crippen molar-refractivity contribution in [3.05, 3.63) is 103 Å². The van der Waals surface area contributed by atoms with E-state index in [1.807, 2.05) is 42.5 Å². The maximum Gasteiger partial charge on any atom is 0.291 e. The van der Waals surface area contributed by atoms with Crippen molar-refractivity contribution in [3.8, 4) is 0 Å². The number of thiocarbonyl (C=S) groups is 1. The molecule has 0 aliphatic carbocycles. The summed E-state index contributed by atoms with van der Waals surface area (Å²) in [6.07, 6.45) is 4.63. The number of carbonyl (C=O) groups is 2. The van der Waals surface area contributed by atoms with E-state index in [4.69, 9.17) is 16.6 Å². The normalized spacial score (nSPS) is 10.8. The van der Waals surface area contributed by atoms with Gasteiger partial charge in [-0.2, -0.15) is 0 Å². The van der Waals surface area contributed by atoms with Crippen LogP contribution in [0.15, 0.2) is 95.6 Å². The Labute approximate surface area is 189 Å². The van der Waals surface area contributed by atoms with Crippen LogP contribution in [-0.4, -0.2) is 16.9 Å². The minimum absolute atomic E-state index is 0.145. The monoisotopic (exact) mass is 441 g/mol. The third-order valence-electron chi connectivity index (χ3n) is 4.60. The van der Waals surface area contributed by atoms with Crippen molar-refractivity contribution in [2.45, 2.75) is 0 Å². The van der Waals surface area contributed by atoms with Crippen molar-refractivity contribution in [3.63, 3.8) is 0 Å². The lowest BCUT2D eigenvalue weighted by molar-refractivity contribution is -0.115. The number of hydrogen-bond donors (Lipinski definition) is 3. The van der Waals surface area contributed by atoms with Gasteiger partial charge in [0.25, 0.3) is 5.91 Å². The third kappa shape index (κ3) is 5.27. The van der Waals surface area contributed by atoms with Gasteiger partial charge in [-0.3, -0.25) is 14.9 Å². The molecule has 0 spiro atoms. The van der Waals surface area contributed by atoms with Crippen molar-refractivity contribution >= 4 is 57.4 Å². The van der Waals surface area contributed by atoms with E-state index in [2.05, 4.69) is 16.0 Å². The van der Waals surface area contributed by atoms with Gasteiger partial charge < -0.3 is 15.1 Å². The van der Waals surface area contributed by atoms with E-state index >= 15 is 0 Å². The van der Waals surface area contributed by atoms with E-state index in [1.54, 1.807) is 42.5 Å². The molecule has 1 heterocycles. The number of carbonyl (C=O) groups excluding carboxylic acids is 2. The molecule has 0 unspecified atom stereocenters. The van der Waals surface area contributed by atoms with Crippen LogP contribution in [0.25, 0.3) is 16.8 Å². The second-order valence-corrected chi connectivity index (χ2v) is 7.27. The Morgan fingerprint density at radius 2 is 1.59 bits per heavy atom. The summed E-state index contributed by atoms with van der Waals surface area (Å²) in [7, 11) is 0. The topological polar surface area (TPSA) is 83.4 Å². The van der Waals surface area contributed by atoms with Gasteiger partial charge in [0.15, 0.2) is 10.9 Å². The number of furan rings is 1. The molecule has 0 saturated carbocycles. The second-order valence-electron chi connectivity index (χ2n) is 6.86. The zero-order chi connectivity index (χ0) is 22.3. The lowest BCUT2D eigenvalue weighted by Crippen LogP contribution is -2.32. The van der Waals surface area contributed by atoms with Gasteiger partial charge in [0.1, 0.15) is 0 Å². The van der Waals surface area contributed by atoms with Crippen molar-refractivity contribution < 1.29 is 14.0 Å². The van der Waals surface area contributed by atoms with E-state index in [0.29, 0.717) is 11.4 Å². The van der Waals surface area contributed by atoms with E-state index < -0.39 is 0 Å². The number of amides is 2.